The van der Waals surface area contributed by atoms with E-state index in [1.54, 1.807) is 0 Å². The lowest BCUT2D eigenvalue weighted by Crippen LogP contribution is -2.43. The fourth-order valence-corrected chi connectivity index (χ4v) is 4.63. The van der Waals surface area contributed by atoms with Crippen molar-refractivity contribution in [2.24, 2.45) is 0 Å². The van der Waals surface area contributed by atoms with E-state index in [-0.39, 0.29) is 6.09 Å². The number of alkyl carbamates (subject to hydrolysis) is 1. The summed E-state index contributed by atoms with van der Waals surface area (Å²) in [5.74, 6) is 0.708. The van der Waals surface area contributed by atoms with Crippen molar-refractivity contribution in [3.63, 3.8) is 0 Å². The average molecular weight is 568 g/mol. The Bertz CT molecular complexity index is 1020. The second kappa shape index (κ2) is 17.6. The summed E-state index contributed by atoms with van der Waals surface area (Å²) < 4.78 is 9.84. The highest BCUT2D eigenvalue weighted by Gasteiger charge is 2.27. The molecule has 2 aromatic rings. The largest absolute Gasteiger partial charge is 0.463 e. The molecule has 0 unspecified atom stereocenters. The zero-order chi connectivity index (χ0) is 29.3. The van der Waals surface area contributed by atoms with Crippen molar-refractivity contribution >= 4 is 18.3 Å². The number of rotatable bonds is 8. The van der Waals surface area contributed by atoms with Crippen LogP contribution in [0, 0.1) is 0 Å². The third kappa shape index (κ3) is 13.4. The number of nitrogens with one attached hydrogen (secondary N) is 4. The van der Waals surface area contributed by atoms with Crippen LogP contribution in [0.25, 0.3) is 0 Å². The zero-order valence-electron chi connectivity index (χ0n) is 25.0. The molecule has 1 aliphatic carbocycles. The van der Waals surface area contributed by atoms with Crippen molar-refractivity contribution in [2.75, 3.05) is 63.8 Å². The summed E-state index contributed by atoms with van der Waals surface area (Å²) in [4.78, 5) is 24.0. The predicted octanol–water partition coefficient (Wildman–Crippen LogP) is 3.58. The molecular formula is C32H49N5O4. The van der Waals surface area contributed by atoms with Gasteiger partial charge in [-0.05, 0) is 74.8 Å². The van der Waals surface area contributed by atoms with E-state index >= 15 is 0 Å². The number of ether oxygens (including phenoxy) is 2. The van der Waals surface area contributed by atoms with Crippen molar-refractivity contribution in [1.82, 2.24) is 21.3 Å². The average Bonchev–Trinajstić information content (AvgIpc) is 3.84. The van der Waals surface area contributed by atoms with Gasteiger partial charge in [-0.25, -0.2) is 4.79 Å². The van der Waals surface area contributed by atoms with Crippen LogP contribution in [0.2, 0.25) is 0 Å². The molecule has 3 aliphatic rings. The third-order valence-electron chi connectivity index (χ3n) is 6.81. The van der Waals surface area contributed by atoms with Crippen LogP contribution in [0.4, 0.5) is 10.5 Å². The van der Waals surface area contributed by atoms with Crippen LogP contribution < -0.4 is 26.2 Å². The molecule has 0 spiro atoms. The quantitative estimate of drug-likeness (QED) is 0.359. The highest BCUT2D eigenvalue weighted by atomic mass is 16.6. The molecule has 9 heteroatoms. The maximum Gasteiger partial charge on any atom is 0.407 e. The maximum atomic E-state index is 11.8. The minimum absolute atomic E-state index is 0.335. The highest BCUT2D eigenvalue weighted by Crippen LogP contribution is 2.43. The number of hydrogen-bond acceptors (Lipinski definition) is 8. The van der Waals surface area contributed by atoms with E-state index in [2.05, 4.69) is 49.1 Å². The van der Waals surface area contributed by atoms with Crippen molar-refractivity contribution in [2.45, 2.75) is 58.2 Å². The Hall–Kier alpha value is -3.14. The van der Waals surface area contributed by atoms with Gasteiger partial charge in [-0.2, -0.15) is 0 Å². The van der Waals surface area contributed by atoms with Gasteiger partial charge in [-0.3, -0.25) is 4.79 Å². The molecule has 1 saturated carbocycles. The van der Waals surface area contributed by atoms with Crippen molar-refractivity contribution in [3.8, 4) is 0 Å². The Labute approximate surface area is 245 Å². The topological polar surface area (TPSA) is 104 Å². The van der Waals surface area contributed by atoms with E-state index in [0.717, 1.165) is 64.3 Å². The molecular weight excluding hydrogens is 518 g/mol. The van der Waals surface area contributed by atoms with E-state index in [1.807, 2.05) is 51.1 Å². The number of amides is 1. The first kappa shape index (κ1) is 32.4. The van der Waals surface area contributed by atoms with E-state index in [4.69, 9.17) is 4.74 Å². The van der Waals surface area contributed by atoms with Gasteiger partial charge in [-0.15, -0.1) is 0 Å². The van der Waals surface area contributed by atoms with Crippen molar-refractivity contribution in [1.29, 1.82) is 0 Å². The monoisotopic (exact) mass is 567 g/mol. The SMILES string of the molecule is C1CNCCN1.CC(C)(C)OC(=O)NCCc1ccc(N2CCNCC2)cc1C1CC1.O=COCc1ccccc1. The second-order valence-corrected chi connectivity index (χ2v) is 11.5. The van der Waals surface area contributed by atoms with Gasteiger partial charge >= 0.3 is 6.09 Å². The molecule has 2 aromatic carbocycles. The normalized spacial score (nSPS) is 16.7. The third-order valence-corrected chi connectivity index (χ3v) is 6.81. The van der Waals surface area contributed by atoms with Gasteiger partial charge in [0.1, 0.15) is 12.2 Å². The number of anilines is 1. The molecule has 0 atom stereocenters. The second-order valence-electron chi connectivity index (χ2n) is 11.5. The zero-order valence-corrected chi connectivity index (χ0v) is 25.0. The molecule has 3 fully saturated rings. The van der Waals surface area contributed by atoms with Crippen LogP contribution in [-0.2, 0) is 27.3 Å². The van der Waals surface area contributed by atoms with Gasteiger partial charge in [-0.1, -0.05) is 36.4 Å². The maximum absolute atomic E-state index is 11.8. The van der Waals surface area contributed by atoms with Gasteiger partial charge in [0.2, 0.25) is 0 Å². The molecule has 2 saturated heterocycles. The molecule has 9 nitrogen and oxygen atoms in total. The molecule has 1 amide bonds. The minimum atomic E-state index is -0.450. The summed E-state index contributed by atoms with van der Waals surface area (Å²) >= 11 is 0. The van der Waals surface area contributed by atoms with Gasteiger partial charge in [0.15, 0.2) is 0 Å². The molecule has 0 aromatic heterocycles. The van der Waals surface area contributed by atoms with Gasteiger partial charge in [0.05, 0.1) is 0 Å². The molecule has 41 heavy (non-hydrogen) atoms. The fraction of sp³-hybridized carbons (Fsp3) is 0.562. The van der Waals surface area contributed by atoms with E-state index < -0.39 is 5.60 Å². The summed E-state index contributed by atoms with van der Waals surface area (Å²) in [6.07, 6.45) is 3.10. The Balaban J connectivity index is 0.000000235. The summed E-state index contributed by atoms with van der Waals surface area (Å²) in [5, 5.41) is 12.7. The van der Waals surface area contributed by atoms with E-state index in [0.29, 0.717) is 25.5 Å². The lowest BCUT2D eigenvalue weighted by Gasteiger charge is -2.30. The fourth-order valence-electron chi connectivity index (χ4n) is 4.63. The van der Waals surface area contributed by atoms with Crippen molar-refractivity contribution in [3.05, 3.63) is 65.2 Å². The van der Waals surface area contributed by atoms with Gasteiger partial charge in [0, 0.05) is 64.6 Å². The van der Waals surface area contributed by atoms with Gasteiger partial charge < -0.3 is 35.6 Å². The van der Waals surface area contributed by atoms with Crippen LogP contribution in [0.5, 0.6) is 0 Å². The summed E-state index contributed by atoms with van der Waals surface area (Å²) in [5.41, 5.74) is 4.73. The van der Waals surface area contributed by atoms with Gasteiger partial charge in [0.25, 0.3) is 6.47 Å². The van der Waals surface area contributed by atoms with E-state index in [9.17, 15) is 9.59 Å². The first-order chi connectivity index (χ1) is 19.9. The molecule has 5 rings (SSSR count). The first-order valence-corrected chi connectivity index (χ1v) is 14.9. The number of nitrogens with zero attached hydrogens (tertiary/aromatic N) is 1. The van der Waals surface area contributed by atoms with Crippen LogP contribution in [0.1, 0.15) is 56.2 Å². The smallest absolute Gasteiger partial charge is 0.407 e. The Morgan fingerprint density at radius 1 is 0.951 bits per heavy atom. The van der Waals surface area contributed by atoms with Crippen LogP contribution >= 0.6 is 0 Å². The Morgan fingerprint density at radius 3 is 2.15 bits per heavy atom. The van der Waals surface area contributed by atoms with E-state index in [1.165, 1.54) is 29.7 Å². The standard InChI is InChI=1S/C20H31N3O2.C8H8O2.C4H10N2/c1-20(2,3)25-19(24)22-9-8-16-6-7-17(14-18(16)15-4-5-15)23-12-10-21-11-13-23;9-7-10-6-8-4-2-1-3-5-8;1-2-6-4-3-5-1/h6-7,14-15,21H,4-5,8-13H2,1-3H3,(H,22,24);1-5,7H,6H2;5-6H,1-4H2. The lowest BCUT2D eigenvalue weighted by molar-refractivity contribution is -0.129. The van der Waals surface area contributed by atoms with Crippen LogP contribution in [-0.4, -0.2) is 77.1 Å². The van der Waals surface area contributed by atoms with Crippen LogP contribution in [0.3, 0.4) is 0 Å². The molecule has 226 valence electrons. The highest BCUT2D eigenvalue weighted by molar-refractivity contribution is 5.67. The lowest BCUT2D eigenvalue weighted by atomic mass is 9.99. The summed E-state index contributed by atoms with van der Waals surface area (Å²) in [7, 11) is 0. The number of carbonyl (C=O) groups is 2. The predicted molar refractivity (Wildman–Crippen MR) is 164 cm³/mol. The molecule has 2 aliphatic heterocycles. The minimum Gasteiger partial charge on any atom is -0.463 e. The molecule has 0 radical (unpaired) electrons. The summed E-state index contributed by atoms with van der Waals surface area (Å²) in [6, 6.07) is 16.4. The first-order valence-electron chi connectivity index (χ1n) is 14.9. The number of piperazine rings is 2. The molecule has 2 heterocycles. The molecule has 0 bridgehead atoms. The Kier molecular flexibility index (Phi) is 13.9. The Morgan fingerprint density at radius 2 is 1.59 bits per heavy atom. The number of hydrogen-bond donors (Lipinski definition) is 4. The van der Waals surface area contributed by atoms with Crippen molar-refractivity contribution < 1.29 is 19.1 Å². The summed E-state index contributed by atoms with van der Waals surface area (Å²) in [6.45, 7) is 15.9. The van der Waals surface area contributed by atoms with Crippen LogP contribution in [0.15, 0.2) is 48.5 Å². The molecule has 4 N–H and O–H groups in total. The number of carbonyl (C=O) groups excluding carboxylic acids is 2. The number of benzene rings is 2.